The van der Waals surface area contributed by atoms with E-state index in [-0.39, 0.29) is 23.4 Å². The number of Topliss-reactive ketones (excluding diaryl/α,β-unsaturated/α-hetero) is 1. The second-order valence-electron chi connectivity index (χ2n) is 7.67. The Morgan fingerprint density at radius 2 is 2.05 bits per heavy atom. The lowest BCUT2D eigenvalue weighted by molar-refractivity contribution is -0.157. The zero-order valence-corrected chi connectivity index (χ0v) is 13.0. The van der Waals surface area contributed by atoms with E-state index in [9.17, 15) is 15.0 Å². The number of aliphatic hydroxyl groups is 2. The molecular weight excluding hydrogens is 264 g/mol. The van der Waals surface area contributed by atoms with Crippen LogP contribution in [-0.4, -0.2) is 28.2 Å². The van der Waals surface area contributed by atoms with Gasteiger partial charge >= 0.3 is 0 Å². The fourth-order valence-corrected chi connectivity index (χ4v) is 4.71. The Hall–Kier alpha value is -0.670. The zero-order chi connectivity index (χ0) is 15.0. The van der Waals surface area contributed by atoms with Crippen LogP contribution in [-0.2, 0) is 4.79 Å². The largest absolute Gasteiger partial charge is 0.393 e. The van der Waals surface area contributed by atoms with Crippen LogP contribution >= 0.6 is 0 Å². The van der Waals surface area contributed by atoms with E-state index in [2.05, 4.69) is 0 Å². The van der Waals surface area contributed by atoms with Crippen LogP contribution in [0, 0.1) is 23.2 Å². The number of hydrogen-bond acceptors (Lipinski definition) is 3. The molecule has 0 spiro atoms. The van der Waals surface area contributed by atoms with Crippen molar-refractivity contribution < 1.29 is 15.0 Å². The summed E-state index contributed by atoms with van der Waals surface area (Å²) in [4.78, 5) is 11.9. The van der Waals surface area contributed by atoms with Crippen molar-refractivity contribution in [3.63, 3.8) is 0 Å². The number of rotatable bonds is 4. The first-order valence-corrected chi connectivity index (χ1v) is 8.58. The smallest absolute Gasteiger partial charge is 0.139 e. The molecule has 0 aromatic carbocycles. The summed E-state index contributed by atoms with van der Waals surface area (Å²) in [6, 6.07) is 0. The van der Waals surface area contributed by atoms with Crippen molar-refractivity contribution in [3.05, 3.63) is 12.2 Å². The summed E-state index contributed by atoms with van der Waals surface area (Å²) >= 11 is 0. The fraction of sp³-hybridized carbons (Fsp3) is 0.833. The van der Waals surface area contributed by atoms with Gasteiger partial charge in [-0.15, -0.1) is 0 Å². The number of fused-ring (bicyclic) bond motifs is 1. The molecule has 3 aliphatic carbocycles. The maximum absolute atomic E-state index is 11.9. The minimum absolute atomic E-state index is 0.0414. The van der Waals surface area contributed by atoms with Gasteiger partial charge in [-0.25, -0.2) is 0 Å². The molecule has 0 aromatic heterocycles. The third-order valence-electron chi connectivity index (χ3n) is 6.33. The van der Waals surface area contributed by atoms with Gasteiger partial charge in [0.2, 0.25) is 0 Å². The molecule has 0 bridgehead atoms. The SMILES string of the molecule is C[C@@]12CC[C@H](O)[C@@H](/C=C/[C@@H](O)CC3CCCC3)[C@@H]1CC2=O. The molecule has 118 valence electrons. The molecule has 3 rings (SSSR count). The first-order chi connectivity index (χ1) is 10.0. The minimum atomic E-state index is -0.399. The van der Waals surface area contributed by atoms with Gasteiger partial charge in [0.25, 0.3) is 0 Å². The van der Waals surface area contributed by atoms with Gasteiger partial charge in [-0.1, -0.05) is 44.8 Å². The highest BCUT2D eigenvalue weighted by molar-refractivity contribution is 5.91. The summed E-state index contributed by atoms with van der Waals surface area (Å²) in [6.07, 6.45) is 11.2. The van der Waals surface area contributed by atoms with Crippen molar-refractivity contribution >= 4 is 5.78 Å². The Balaban J connectivity index is 1.59. The van der Waals surface area contributed by atoms with Crippen LogP contribution in [0.5, 0.6) is 0 Å². The van der Waals surface area contributed by atoms with Crippen LogP contribution in [0.4, 0.5) is 0 Å². The van der Waals surface area contributed by atoms with E-state index in [1.54, 1.807) is 0 Å². The van der Waals surface area contributed by atoms with Gasteiger partial charge in [0, 0.05) is 17.8 Å². The monoisotopic (exact) mass is 292 g/mol. The number of carbonyl (C=O) groups excluding carboxylic acids is 1. The van der Waals surface area contributed by atoms with Gasteiger partial charge in [-0.3, -0.25) is 4.79 Å². The van der Waals surface area contributed by atoms with E-state index >= 15 is 0 Å². The Kier molecular flexibility index (Phi) is 4.24. The molecule has 0 aliphatic heterocycles. The Labute approximate surface area is 127 Å². The summed E-state index contributed by atoms with van der Waals surface area (Å²) in [5.74, 6) is 1.32. The van der Waals surface area contributed by atoms with Crippen LogP contribution in [0.2, 0.25) is 0 Å². The van der Waals surface area contributed by atoms with E-state index in [4.69, 9.17) is 0 Å². The minimum Gasteiger partial charge on any atom is -0.393 e. The molecule has 0 aromatic rings. The lowest BCUT2D eigenvalue weighted by Crippen LogP contribution is -2.56. The second-order valence-corrected chi connectivity index (χ2v) is 7.67. The van der Waals surface area contributed by atoms with E-state index in [1.165, 1.54) is 25.7 Å². The number of carbonyl (C=O) groups is 1. The molecule has 0 amide bonds. The molecule has 2 N–H and O–H groups in total. The molecule has 3 saturated carbocycles. The van der Waals surface area contributed by atoms with E-state index in [1.807, 2.05) is 19.1 Å². The second kappa shape index (κ2) is 5.85. The van der Waals surface area contributed by atoms with Crippen molar-refractivity contribution in [2.45, 2.75) is 70.5 Å². The van der Waals surface area contributed by atoms with Crippen molar-refractivity contribution in [2.24, 2.45) is 23.2 Å². The first kappa shape index (κ1) is 15.2. The number of ketones is 1. The molecule has 3 fully saturated rings. The van der Waals surface area contributed by atoms with Crippen molar-refractivity contribution in [1.82, 2.24) is 0 Å². The summed E-state index contributed by atoms with van der Waals surface area (Å²) in [6.45, 7) is 2.05. The van der Waals surface area contributed by atoms with Crippen LogP contribution in [0.25, 0.3) is 0 Å². The predicted molar refractivity (Wildman–Crippen MR) is 81.7 cm³/mol. The fourth-order valence-electron chi connectivity index (χ4n) is 4.71. The average Bonchev–Trinajstić information content (AvgIpc) is 2.95. The Morgan fingerprint density at radius 1 is 1.33 bits per heavy atom. The molecule has 21 heavy (non-hydrogen) atoms. The number of hydrogen-bond donors (Lipinski definition) is 2. The lowest BCUT2D eigenvalue weighted by Gasteiger charge is -2.53. The summed E-state index contributed by atoms with van der Waals surface area (Å²) in [5.41, 5.74) is -0.218. The molecular formula is C18H28O3. The molecule has 3 aliphatic rings. The highest BCUT2D eigenvalue weighted by Gasteiger charge is 2.57. The quantitative estimate of drug-likeness (QED) is 0.783. The first-order valence-electron chi connectivity index (χ1n) is 8.58. The van der Waals surface area contributed by atoms with Crippen molar-refractivity contribution in [1.29, 1.82) is 0 Å². The highest BCUT2D eigenvalue weighted by atomic mass is 16.3. The van der Waals surface area contributed by atoms with Gasteiger partial charge in [0.05, 0.1) is 12.2 Å². The third-order valence-corrected chi connectivity index (χ3v) is 6.33. The van der Waals surface area contributed by atoms with Crippen LogP contribution in [0.15, 0.2) is 12.2 Å². The van der Waals surface area contributed by atoms with Gasteiger partial charge in [0.1, 0.15) is 5.78 Å². The number of aliphatic hydroxyl groups excluding tert-OH is 2. The van der Waals surface area contributed by atoms with E-state index in [0.717, 1.165) is 12.8 Å². The summed E-state index contributed by atoms with van der Waals surface area (Å²) in [7, 11) is 0. The maximum Gasteiger partial charge on any atom is 0.139 e. The average molecular weight is 292 g/mol. The summed E-state index contributed by atoms with van der Waals surface area (Å²) in [5, 5.41) is 20.4. The Bertz CT molecular complexity index is 424. The van der Waals surface area contributed by atoms with Gasteiger partial charge in [-0.2, -0.15) is 0 Å². The predicted octanol–water partition coefficient (Wildman–Crippen LogP) is 2.85. The molecule has 3 heteroatoms. The molecule has 0 saturated heterocycles. The van der Waals surface area contributed by atoms with E-state index in [0.29, 0.717) is 24.5 Å². The zero-order valence-electron chi connectivity index (χ0n) is 13.0. The normalized spacial score (nSPS) is 42.0. The van der Waals surface area contributed by atoms with Crippen LogP contribution in [0.1, 0.15) is 58.3 Å². The molecule has 0 radical (unpaired) electrons. The molecule has 3 nitrogen and oxygen atoms in total. The maximum atomic E-state index is 11.9. The summed E-state index contributed by atoms with van der Waals surface area (Å²) < 4.78 is 0. The van der Waals surface area contributed by atoms with Crippen molar-refractivity contribution in [3.8, 4) is 0 Å². The molecule has 0 heterocycles. The van der Waals surface area contributed by atoms with Crippen LogP contribution in [0.3, 0.4) is 0 Å². The highest BCUT2D eigenvalue weighted by Crippen LogP contribution is 2.55. The third kappa shape index (κ3) is 2.83. The van der Waals surface area contributed by atoms with Gasteiger partial charge in [0.15, 0.2) is 0 Å². The van der Waals surface area contributed by atoms with Crippen LogP contribution < -0.4 is 0 Å². The van der Waals surface area contributed by atoms with E-state index < -0.39 is 6.10 Å². The lowest BCUT2D eigenvalue weighted by atomic mass is 9.50. The van der Waals surface area contributed by atoms with Gasteiger partial charge in [-0.05, 0) is 31.1 Å². The van der Waals surface area contributed by atoms with Crippen molar-refractivity contribution in [2.75, 3.05) is 0 Å². The van der Waals surface area contributed by atoms with Gasteiger partial charge < -0.3 is 10.2 Å². The Morgan fingerprint density at radius 3 is 2.71 bits per heavy atom. The molecule has 5 atom stereocenters. The topological polar surface area (TPSA) is 57.5 Å². The standard InChI is InChI=1S/C18H28O3/c1-18-9-8-16(20)14(15(18)11-17(18)21)7-6-13(19)10-12-4-2-3-5-12/h6-7,12-16,19-20H,2-5,8-11H2,1H3/b7-6+/t13-,14+,15+,16+,18-/m1/s1. The molecule has 0 unspecified atom stereocenters.